The first kappa shape index (κ1) is 24.3. The van der Waals surface area contributed by atoms with Crippen molar-refractivity contribution < 1.29 is 14.3 Å². The van der Waals surface area contributed by atoms with Gasteiger partial charge in [-0.1, -0.05) is 0 Å². The normalized spacial score (nSPS) is 13.8. The van der Waals surface area contributed by atoms with Crippen molar-refractivity contribution in [2.45, 2.75) is 6.54 Å². The maximum Gasteiger partial charge on any atom is 0.275 e. The summed E-state index contributed by atoms with van der Waals surface area (Å²) in [5, 5.41) is 8.02. The minimum Gasteiger partial charge on any atom is -0.379 e. The molecule has 11 heteroatoms. The van der Waals surface area contributed by atoms with Crippen molar-refractivity contribution in [1.82, 2.24) is 9.88 Å². The number of hydrogen-bond acceptors (Lipinski definition) is 7. The van der Waals surface area contributed by atoms with E-state index in [2.05, 4.69) is 20.5 Å². The molecule has 0 saturated carbocycles. The quantitative estimate of drug-likeness (QED) is 0.624. The highest BCUT2D eigenvalue weighted by molar-refractivity contribution is 7.09. The van der Waals surface area contributed by atoms with Crippen LogP contribution in [0.1, 0.15) is 15.5 Å². The SMILES string of the molecule is Cl.Cl.NCc1nc(C(=O)Nc2ccc(NC(=O)CN3CCOCC3)cc2)cs1. The van der Waals surface area contributed by atoms with Gasteiger partial charge < -0.3 is 21.1 Å². The maximum absolute atomic E-state index is 12.1. The Bertz CT molecular complexity index is 766. The van der Waals surface area contributed by atoms with E-state index in [-0.39, 0.29) is 36.6 Å². The number of aromatic nitrogens is 1. The Morgan fingerprint density at radius 2 is 1.71 bits per heavy atom. The van der Waals surface area contributed by atoms with E-state index in [4.69, 9.17) is 10.5 Å². The maximum atomic E-state index is 12.1. The number of carbonyl (C=O) groups excluding carboxylic acids is 2. The highest BCUT2D eigenvalue weighted by atomic mass is 35.5. The molecule has 0 radical (unpaired) electrons. The fourth-order valence-corrected chi connectivity index (χ4v) is 3.16. The van der Waals surface area contributed by atoms with Crippen LogP contribution in [0.3, 0.4) is 0 Å². The molecule has 1 aromatic heterocycles. The molecule has 4 N–H and O–H groups in total. The van der Waals surface area contributed by atoms with Crippen LogP contribution in [0.4, 0.5) is 11.4 Å². The predicted molar refractivity (Wildman–Crippen MR) is 115 cm³/mol. The van der Waals surface area contributed by atoms with Gasteiger partial charge in [-0.3, -0.25) is 14.5 Å². The van der Waals surface area contributed by atoms with E-state index in [1.807, 2.05) is 0 Å². The number of nitrogens with zero attached hydrogens (tertiary/aromatic N) is 2. The summed E-state index contributed by atoms with van der Waals surface area (Å²) in [6.07, 6.45) is 0. The molecule has 28 heavy (non-hydrogen) atoms. The van der Waals surface area contributed by atoms with Crippen molar-refractivity contribution in [2.75, 3.05) is 43.5 Å². The van der Waals surface area contributed by atoms with Crippen molar-refractivity contribution in [3.63, 3.8) is 0 Å². The Morgan fingerprint density at radius 3 is 2.29 bits per heavy atom. The van der Waals surface area contributed by atoms with Gasteiger partial charge in [-0.15, -0.1) is 36.2 Å². The van der Waals surface area contributed by atoms with Gasteiger partial charge >= 0.3 is 0 Å². The molecule has 3 rings (SSSR count). The second-order valence-corrected chi connectivity index (χ2v) is 6.74. The first-order valence-corrected chi connectivity index (χ1v) is 9.18. The van der Waals surface area contributed by atoms with Crippen molar-refractivity contribution in [2.24, 2.45) is 5.73 Å². The van der Waals surface area contributed by atoms with Gasteiger partial charge in [-0.05, 0) is 24.3 Å². The van der Waals surface area contributed by atoms with Gasteiger partial charge in [0, 0.05) is 36.4 Å². The number of morpholine rings is 1. The highest BCUT2D eigenvalue weighted by Crippen LogP contribution is 2.16. The van der Waals surface area contributed by atoms with Gasteiger partial charge in [-0.25, -0.2) is 4.98 Å². The van der Waals surface area contributed by atoms with Crippen molar-refractivity contribution in [3.8, 4) is 0 Å². The number of anilines is 2. The number of halogens is 2. The topological polar surface area (TPSA) is 110 Å². The lowest BCUT2D eigenvalue weighted by molar-refractivity contribution is -0.118. The number of benzene rings is 1. The van der Waals surface area contributed by atoms with Crippen LogP contribution in [-0.2, 0) is 16.1 Å². The van der Waals surface area contributed by atoms with Crippen LogP contribution in [0, 0.1) is 0 Å². The molecule has 2 heterocycles. The molecule has 2 aromatic rings. The highest BCUT2D eigenvalue weighted by Gasteiger charge is 2.14. The number of carbonyl (C=O) groups is 2. The fraction of sp³-hybridized carbons (Fsp3) is 0.353. The molecular weight excluding hydrogens is 425 g/mol. The zero-order valence-electron chi connectivity index (χ0n) is 15.1. The zero-order valence-corrected chi connectivity index (χ0v) is 17.5. The first-order chi connectivity index (χ1) is 12.6. The number of hydrogen-bond donors (Lipinski definition) is 3. The van der Waals surface area contributed by atoms with E-state index in [1.54, 1.807) is 29.6 Å². The van der Waals surface area contributed by atoms with Crippen molar-refractivity contribution >= 4 is 59.3 Å². The summed E-state index contributed by atoms with van der Waals surface area (Å²) < 4.78 is 5.27. The van der Waals surface area contributed by atoms with E-state index in [1.165, 1.54) is 11.3 Å². The van der Waals surface area contributed by atoms with Crippen LogP contribution in [0.2, 0.25) is 0 Å². The lowest BCUT2D eigenvalue weighted by atomic mass is 10.2. The largest absolute Gasteiger partial charge is 0.379 e. The predicted octanol–water partition coefficient (Wildman–Crippen LogP) is 1.97. The molecular formula is C17H23Cl2N5O3S. The number of nitrogens with two attached hydrogens (primary N) is 1. The summed E-state index contributed by atoms with van der Waals surface area (Å²) >= 11 is 1.36. The Labute approximate surface area is 179 Å². The summed E-state index contributed by atoms with van der Waals surface area (Å²) in [5.74, 6) is -0.356. The smallest absolute Gasteiger partial charge is 0.275 e. The monoisotopic (exact) mass is 447 g/mol. The lowest BCUT2D eigenvalue weighted by Gasteiger charge is -2.25. The second kappa shape index (κ2) is 11.9. The Balaban J connectivity index is 0.00000196. The number of thiazole rings is 1. The molecule has 154 valence electrons. The van der Waals surface area contributed by atoms with Gasteiger partial charge in [-0.2, -0.15) is 0 Å². The second-order valence-electron chi connectivity index (χ2n) is 5.80. The molecule has 0 spiro atoms. The van der Waals surface area contributed by atoms with Crippen molar-refractivity contribution in [1.29, 1.82) is 0 Å². The zero-order chi connectivity index (χ0) is 18.4. The molecule has 2 amide bonds. The average Bonchev–Trinajstić information content (AvgIpc) is 3.13. The third kappa shape index (κ3) is 7.01. The van der Waals surface area contributed by atoms with Crippen LogP contribution in [-0.4, -0.2) is 54.5 Å². The number of rotatable bonds is 6. The van der Waals surface area contributed by atoms with Crippen molar-refractivity contribution in [3.05, 3.63) is 40.3 Å². The molecule has 1 aromatic carbocycles. The molecule has 1 aliphatic rings. The van der Waals surface area contributed by atoms with Gasteiger partial charge in [0.05, 0.1) is 19.8 Å². The third-order valence-corrected chi connectivity index (χ3v) is 4.73. The van der Waals surface area contributed by atoms with Crippen LogP contribution >= 0.6 is 36.2 Å². The van der Waals surface area contributed by atoms with E-state index in [9.17, 15) is 9.59 Å². The van der Waals surface area contributed by atoms with E-state index in [0.717, 1.165) is 13.1 Å². The molecule has 0 unspecified atom stereocenters. The standard InChI is InChI=1S/C17H21N5O3S.2ClH/c18-9-16-21-14(11-26-16)17(24)20-13-3-1-12(2-4-13)19-15(23)10-22-5-7-25-8-6-22;;/h1-4,11H,5-10,18H2,(H,19,23)(H,20,24);2*1H. The number of nitrogens with one attached hydrogen (secondary N) is 2. The summed E-state index contributed by atoms with van der Waals surface area (Å²) in [6, 6.07) is 6.97. The lowest BCUT2D eigenvalue weighted by Crippen LogP contribution is -2.41. The van der Waals surface area contributed by atoms with E-state index >= 15 is 0 Å². The van der Waals surface area contributed by atoms with Gasteiger partial charge in [0.1, 0.15) is 10.7 Å². The van der Waals surface area contributed by atoms with Crippen LogP contribution in [0.15, 0.2) is 29.6 Å². The minimum absolute atomic E-state index is 0. The van der Waals surface area contributed by atoms with Crippen LogP contribution < -0.4 is 16.4 Å². The molecule has 8 nitrogen and oxygen atoms in total. The van der Waals surface area contributed by atoms with E-state index in [0.29, 0.717) is 48.4 Å². The molecule has 0 bridgehead atoms. The summed E-state index contributed by atoms with van der Waals surface area (Å²) in [7, 11) is 0. The first-order valence-electron chi connectivity index (χ1n) is 8.30. The van der Waals surface area contributed by atoms with E-state index < -0.39 is 0 Å². The third-order valence-electron chi connectivity index (χ3n) is 3.86. The Kier molecular flexibility index (Phi) is 10.4. The van der Waals surface area contributed by atoms with Crippen LogP contribution in [0.25, 0.3) is 0 Å². The summed E-state index contributed by atoms with van der Waals surface area (Å²) in [4.78, 5) is 30.4. The van der Waals surface area contributed by atoms with Crippen LogP contribution in [0.5, 0.6) is 0 Å². The fourth-order valence-electron chi connectivity index (χ4n) is 2.50. The van der Waals surface area contributed by atoms with Gasteiger partial charge in [0.2, 0.25) is 5.91 Å². The Morgan fingerprint density at radius 1 is 1.11 bits per heavy atom. The molecule has 1 saturated heterocycles. The molecule has 0 aliphatic carbocycles. The summed E-state index contributed by atoms with van der Waals surface area (Å²) in [5.41, 5.74) is 7.16. The summed E-state index contributed by atoms with van der Waals surface area (Å²) in [6.45, 7) is 3.51. The van der Waals surface area contributed by atoms with Gasteiger partial charge in [0.25, 0.3) is 5.91 Å². The number of ether oxygens (including phenoxy) is 1. The van der Waals surface area contributed by atoms with Gasteiger partial charge in [0.15, 0.2) is 0 Å². The molecule has 1 fully saturated rings. The minimum atomic E-state index is -0.287. The molecule has 1 aliphatic heterocycles. The number of amides is 2. The average molecular weight is 448 g/mol. The molecule has 0 atom stereocenters. The Hall–Kier alpha value is -1.75.